The van der Waals surface area contributed by atoms with Crippen LogP contribution in [0, 0.1) is 0 Å². The molecule has 0 radical (unpaired) electrons. The topological polar surface area (TPSA) is 111 Å². The van der Waals surface area contributed by atoms with Gasteiger partial charge in [-0.15, -0.1) is 0 Å². The Hall–Kier alpha value is -4.05. The minimum absolute atomic E-state index is 0.134. The lowest BCUT2D eigenvalue weighted by Gasteiger charge is -2.26. The molecule has 0 rings (SSSR count). The maximum Gasteiger partial charge on any atom is 0.306 e. The molecule has 2 atom stereocenters. The number of likely N-dealkylation sites (N-methyl/N-ethyl adjacent to an activating group) is 1. The fraction of sp³-hybridized carbons (Fsp3) is 0.716. The van der Waals surface area contributed by atoms with Crippen molar-refractivity contribution in [3.05, 3.63) is 109 Å². The van der Waals surface area contributed by atoms with Crippen LogP contribution in [0.15, 0.2) is 109 Å². The van der Waals surface area contributed by atoms with Gasteiger partial charge in [-0.05, 0) is 103 Å². The van der Waals surface area contributed by atoms with Gasteiger partial charge in [0.2, 0.25) is 0 Å². The van der Waals surface area contributed by atoms with Crippen molar-refractivity contribution < 1.29 is 42.9 Å². The van der Waals surface area contributed by atoms with Crippen molar-refractivity contribution in [2.75, 3.05) is 47.5 Å². The second-order valence-electron chi connectivity index (χ2n) is 23.7. The van der Waals surface area contributed by atoms with Gasteiger partial charge in [0.25, 0.3) is 0 Å². The number of aliphatic carboxylic acids is 1. The Morgan fingerprint density at radius 1 is 0.373 bits per heavy atom. The van der Waals surface area contributed by atoms with E-state index in [2.05, 4.69) is 123 Å². The molecule has 0 aliphatic rings. The van der Waals surface area contributed by atoms with Crippen molar-refractivity contribution in [3.8, 4) is 0 Å². The van der Waals surface area contributed by atoms with Gasteiger partial charge in [-0.3, -0.25) is 9.59 Å². The van der Waals surface area contributed by atoms with Crippen molar-refractivity contribution in [1.29, 1.82) is 0 Å². The third-order valence-corrected chi connectivity index (χ3v) is 14.5. The molecule has 83 heavy (non-hydrogen) atoms. The van der Waals surface area contributed by atoms with Crippen LogP contribution in [-0.2, 0) is 33.3 Å². The van der Waals surface area contributed by atoms with Gasteiger partial charge in [0.1, 0.15) is 13.2 Å². The standard InChI is InChI=1S/C74H127NO8/c1-6-8-10-12-14-16-18-20-22-24-26-28-30-32-34-35-36-37-39-40-42-44-46-48-50-52-54-56-58-60-62-64-71(76)81-68-70(69-82-74(73(78)79)80-67-66-75(3,4)5)83-72(77)65-63-61-59-57-55-53-51-49-47-45-43-41-38-33-31-29-27-25-23-21-19-17-15-13-11-9-7-2/h9,11,15,17,21,23-24,26-27,29,33,38,43,45,49,51,55,57,70,74H,6-8,10,12-14,16,18-20,22,25,28,30-32,34-37,39-42,44,46-48,50,52-54,56,58-69H2,1-5H3/b11-9-,17-15-,23-21-,26-24-,29-27-,38-33-,45-43-,51-49-,57-55-. The molecule has 0 N–H and O–H groups in total. The predicted molar refractivity (Wildman–Crippen MR) is 352 cm³/mol. The van der Waals surface area contributed by atoms with Crippen LogP contribution in [0.5, 0.6) is 0 Å². The molecule has 0 aromatic heterocycles. The first kappa shape index (κ1) is 79.0. The summed E-state index contributed by atoms with van der Waals surface area (Å²) in [6.45, 7) is 4.60. The van der Waals surface area contributed by atoms with E-state index in [4.69, 9.17) is 18.9 Å². The van der Waals surface area contributed by atoms with E-state index < -0.39 is 24.3 Å². The summed E-state index contributed by atoms with van der Waals surface area (Å²) in [5, 5.41) is 11.8. The van der Waals surface area contributed by atoms with E-state index in [9.17, 15) is 19.5 Å². The molecular weight excluding hydrogens is 1030 g/mol. The summed E-state index contributed by atoms with van der Waals surface area (Å²) in [4.78, 5) is 37.4. The second kappa shape index (κ2) is 64.0. The Bertz CT molecular complexity index is 1730. The van der Waals surface area contributed by atoms with Crippen molar-refractivity contribution >= 4 is 17.9 Å². The molecule has 0 spiro atoms. The largest absolute Gasteiger partial charge is 0.545 e. The SMILES string of the molecule is CC/C=C\C/C=C\C/C=C\C/C=C\C/C=C\C/C=C\C/C=C\C/C=C\CCCCC(=O)OC(COC(=O)CCCCCCCCCCCCCCCCCCCCC/C=C\CCCCCCCCCC)COC(OCC[N+](C)(C)C)C(=O)[O-]. The van der Waals surface area contributed by atoms with Gasteiger partial charge in [-0.25, -0.2) is 0 Å². The van der Waals surface area contributed by atoms with Gasteiger partial charge < -0.3 is 33.3 Å². The molecule has 0 saturated carbocycles. The smallest absolute Gasteiger partial charge is 0.306 e. The first-order valence-corrected chi connectivity index (χ1v) is 34.0. The average molecular weight is 1160 g/mol. The van der Waals surface area contributed by atoms with Gasteiger partial charge in [0, 0.05) is 12.8 Å². The first-order chi connectivity index (χ1) is 40.6. The second-order valence-corrected chi connectivity index (χ2v) is 23.7. The van der Waals surface area contributed by atoms with Crippen LogP contribution in [0.4, 0.5) is 0 Å². The zero-order valence-electron chi connectivity index (χ0n) is 54.3. The maximum absolute atomic E-state index is 12.9. The zero-order valence-corrected chi connectivity index (χ0v) is 54.3. The fourth-order valence-electron chi connectivity index (χ4n) is 9.31. The lowest BCUT2D eigenvalue weighted by Crippen LogP contribution is -2.44. The minimum Gasteiger partial charge on any atom is -0.545 e. The van der Waals surface area contributed by atoms with E-state index >= 15 is 0 Å². The van der Waals surface area contributed by atoms with Gasteiger partial charge in [-0.1, -0.05) is 277 Å². The van der Waals surface area contributed by atoms with Crippen molar-refractivity contribution in [1.82, 2.24) is 0 Å². The molecule has 9 nitrogen and oxygen atoms in total. The minimum atomic E-state index is -1.64. The van der Waals surface area contributed by atoms with Crippen LogP contribution in [0.25, 0.3) is 0 Å². The molecule has 0 aromatic rings. The predicted octanol–water partition coefficient (Wildman–Crippen LogP) is 19.7. The van der Waals surface area contributed by atoms with E-state index in [1.807, 2.05) is 21.1 Å². The van der Waals surface area contributed by atoms with Crippen molar-refractivity contribution in [3.63, 3.8) is 0 Å². The van der Waals surface area contributed by atoms with E-state index in [1.165, 1.54) is 167 Å². The number of unbranched alkanes of at least 4 members (excludes halogenated alkanes) is 29. The van der Waals surface area contributed by atoms with Gasteiger partial charge in [0.05, 0.1) is 40.3 Å². The number of quaternary nitrogens is 1. The number of carboxylic acids is 1. The molecule has 0 aromatic carbocycles. The maximum atomic E-state index is 12.9. The summed E-state index contributed by atoms with van der Waals surface area (Å²) in [7, 11) is 5.91. The zero-order chi connectivity index (χ0) is 60.5. The fourth-order valence-corrected chi connectivity index (χ4v) is 9.31. The number of allylic oxidation sites excluding steroid dienone is 18. The van der Waals surface area contributed by atoms with E-state index in [1.54, 1.807) is 0 Å². The highest BCUT2D eigenvalue weighted by atomic mass is 16.7. The van der Waals surface area contributed by atoms with E-state index in [0.717, 1.165) is 83.5 Å². The normalized spacial score (nSPS) is 13.4. The van der Waals surface area contributed by atoms with Crippen LogP contribution in [0.2, 0.25) is 0 Å². The summed E-state index contributed by atoms with van der Waals surface area (Å²) in [6, 6.07) is 0. The highest BCUT2D eigenvalue weighted by Crippen LogP contribution is 2.17. The highest BCUT2D eigenvalue weighted by molar-refractivity contribution is 5.70. The van der Waals surface area contributed by atoms with Crippen LogP contribution in [0.1, 0.15) is 284 Å². The van der Waals surface area contributed by atoms with Gasteiger partial charge in [-0.2, -0.15) is 0 Å². The number of rotatable bonds is 62. The quantitative estimate of drug-likeness (QED) is 0.0195. The Labute approximate surface area is 511 Å². The molecule has 0 heterocycles. The van der Waals surface area contributed by atoms with Gasteiger partial charge >= 0.3 is 11.9 Å². The van der Waals surface area contributed by atoms with Crippen molar-refractivity contribution in [2.45, 2.75) is 296 Å². The third kappa shape index (κ3) is 65.3. The molecule has 0 saturated heterocycles. The molecule has 0 fully saturated rings. The first-order valence-electron chi connectivity index (χ1n) is 34.0. The monoisotopic (exact) mass is 1160 g/mol. The van der Waals surface area contributed by atoms with Crippen LogP contribution in [-0.4, -0.2) is 82.3 Å². The molecular formula is C74H127NO8. The summed E-state index contributed by atoms with van der Waals surface area (Å²) >= 11 is 0. The number of hydrogen-bond acceptors (Lipinski definition) is 8. The number of carbonyl (C=O) groups is 3. The Kier molecular flexibility index (Phi) is 60.8. The lowest BCUT2D eigenvalue weighted by molar-refractivity contribution is -0.870. The van der Waals surface area contributed by atoms with Crippen LogP contribution >= 0.6 is 0 Å². The number of hydrogen-bond donors (Lipinski definition) is 0. The lowest BCUT2D eigenvalue weighted by atomic mass is 10.0. The van der Waals surface area contributed by atoms with E-state index in [0.29, 0.717) is 17.4 Å². The summed E-state index contributed by atoms with van der Waals surface area (Å²) in [5.74, 6) is -2.34. The molecule has 0 amide bonds. The van der Waals surface area contributed by atoms with Crippen molar-refractivity contribution in [2.24, 2.45) is 0 Å². The summed E-state index contributed by atoms with van der Waals surface area (Å²) in [6.07, 6.45) is 86.0. The number of carboxylic acid groups (broad SMARTS) is 1. The number of ether oxygens (including phenoxy) is 4. The number of nitrogens with zero attached hydrogens (tertiary/aromatic N) is 1. The molecule has 0 aliphatic carbocycles. The number of carbonyl (C=O) groups excluding carboxylic acids is 3. The molecule has 9 heteroatoms. The molecule has 0 bridgehead atoms. The molecule has 476 valence electrons. The highest BCUT2D eigenvalue weighted by Gasteiger charge is 2.22. The Morgan fingerprint density at radius 2 is 0.687 bits per heavy atom. The Morgan fingerprint density at radius 3 is 1.06 bits per heavy atom. The number of esters is 2. The Balaban J connectivity index is 4.21. The van der Waals surface area contributed by atoms with Crippen LogP contribution < -0.4 is 5.11 Å². The summed E-state index contributed by atoms with van der Waals surface area (Å²) < 4.78 is 22.7. The van der Waals surface area contributed by atoms with Gasteiger partial charge in [0.15, 0.2) is 12.4 Å². The van der Waals surface area contributed by atoms with Crippen LogP contribution in [0.3, 0.4) is 0 Å². The third-order valence-electron chi connectivity index (χ3n) is 14.5. The van der Waals surface area contributed by atoms with E-state index in [-0.39, 0.29) is 38.6 Å². The molecule has 0 aliphatic heterocycles. The average Bonchev–Trinajstić information content (AvgIpc) is 3.46. The summed E-state index contributed by atoms with van der Waals surface area (Å²) in [5.41, 5.74) is 0. The molecule has 2 unspecified atom stereocenters.